The molecule has 2 unspecified atom stereocenters. The zero-order chi connectivity index (χ0) is 16.7. The van der Waals surface area contributed by atoms with Crippen LogP contribution in [0.2, 0.25) is 0 Å². The molecule has 0 radical (unpaired) electrons. The second kappa shape index (κ2) is 8.49. The van der Waals surface area contributed by atoms with E-state index in [1.165, 1.54) is 12.0 Å². The zero-order valence-electron chi connectivity index (χ0n) is 14.9. The molecule has 0 spiro atoms. The Morgan fingerprint density at radius 3 is 2.65 bits per heavy atom. The first-order valence-corrected chi connectivity index (χ1v) is 8.97. The molecule has 0 saturated heterocycles. The summed E-state index contributed by atoms with van der Waals surface area (Å²) in [6, 6.07) is 10.6. The normalized spacial score (nSPS) is 24.6. The Morgan fingerprint density at radius 2 is 2.00 bits per heavy atom. The molecule has 2 atom stereocenters. The van der Waals surface area contributed by atoms with E-state index in [0.29, 0.717) is 12.5 Å². The molecule has 3 heteroatoms. The van der Waals surface area contributed by atoms with Gasteiger partial charge in [0.05, 0.1) is 12.0 Å². The van der Waals surface area contributed by atoms with E-state index in [-0.39, 0.29) is 11.4 Å². The van der Waals surface area contributed by atoms with E-state index >= 15 is 0 Å². The quantitative estimate of drug-likeness (QED) is 0.705. The standard InChI is InChI=1S/C20H31NO2/c1-4-23-19(22)20(15-10-16-21(2)3)14-9-8-13-18(20)17-11-6-5-7-12-17/h5-7,11-12,18H,4,8-10,13-16H2,1-3H3. The molecule has 0 N–H and O–H groups in total. The number of nitrogens with zero attached hydrogens (tertiary/aromatic N) is 1. The predicted molar refractivity (Wildman–Crippen MR) is 94.5 cm³/mol. The van der Waals surface area contributed by atoms with Crippen LogP contribution in [0.4, 0.5) is 0 Å². The van der Waals surface area contributed by atoms with Crippen molar-refractivity contribution in [3.63, 3.8) is 0 Å². The molecule has 0 aliphatic heterocycles. The Balaban J connectivity index is 2.28. The molecule has 1 aromatic rings. The summed E-state index contributed by atoms with van der Waals surface area (Å²) in [5.74, 6) is 0.311. The largest absolute Gasteiger partial charge is 0.466 e. The van der Waals surface area contributed by atoms with Crippen molar-refractivity contribution >= 4 is 5.97 Å². The average molecular weight is 317 g/mol. The van der Waals surface area contributed by atoms with Crippen LogP contribution >= 0.6 is 0 Å². The van der Waals surface area contributed by atoms with Crippen LogP contribution in [0, 0.1) is 5.41 Å². The van der Waals surface area contributed by atoms with Gasteiger partial charge in [0.2, 0.25) is 0 Å². The third-order valence-corrected chi connectivity index (χ3v) is 5.14. The Kier molecular flexibility index (Phi) is 6.64. The minimum absolute atomic E-state index is 0.0207. The SMILES string of the molecule is CCOC(=O)C1(CCCN(C)C)CCCCC1c1ccccc1. The van der Waals surface area contributed by atoms with Gasteiger partial charge in [0.15, 0.2) is 0 Å². The monoisotopic (exact) mass is 317 g/mol. The highest BCUT2D eigenvalue weighted by molar-refractivity contribution is 5.78. The lowest BCUT2D eigenvalue weighted by Crippen LogP contribution is -2.41. The van der Waals surface area contributed by atoms with Crippen LogP contribution in [-0.4, -0.2) is 38.1 Å². The second-order valence-electron chi connectivity index (χ2n) is 6.99. The van der Waals surface area contributed by atoms with Crippen LogP contribution < -0.4 is 0 Å². The number of hydrogen-bond donors (Lipinski definition) is 0. The van der Waals surface area contributed by atoms with Crippen molar-refractivity contribution in [1.29, 1.82) is 0 Å². The molecule has 0 amide bonds. The van der Waals surface area contributed by atoms with Crippen LogP contribution in [0.3, 0.4) is 0 Å². The van der Waals surface area contributed by atoms with E-state index < -0.39 is 0 Å². The van der Waals surface area contributed by atoms with Gasteiger partial charge in [-0.15, -0.1) is 0 Å². The molecule has 0 heterocycles. The second-order valence-corrected chi connectivity index (χ2v) is 6.99. The third kappa shape index (κ3) is 4.35. The first kappa shape index (κ1) is 18.0. The molecule has 23 heavy (non-hydrogen) atoms. The fraction of sp³-hybridized carbons (Fsp3) is 0.650. The summed E-state index contributed by atoms with van der Waals surface area (Å²) in [5, 5.41) is 0. The van der Waals surface area contributed by atoms with Crippen molar-refractivity contribution in [2.24, 2.45) is 5.41 Å². The van der Waals surface area contributed by atoms with Crippen molar-refractivity contribution in [3.8, 4) is 0 Å². The molecule has 1 aliphatic carbocycles. The molecule has 128 valence electrons. The van der Waals surface area contributed by atoms with Gasteiger partial charge in [-0.05, 0) is 64.7 Å². The number of carbonyl (C=O) groups is 1. The topological polar surface area (TPSA) is 29.5 Å². The van der Waals surface area contributed by atoms with E-state index in [4.69, 9.17) is 4.74 Å². The molecule has 1 fully saturated rings. The van der Waals surface area contributed by atoms with Crippen molar-refractivity contribution in [2.45, 2.75) is 51.4 Å². The summed E-state index contributed by atoms with van der Waals surface area (Å²) in [6.45, 7) is 3.39. The lowest BCUT2D eigenvalue weighted by Gasteiger charge is -2.42. The molecular formula is C20H31NO2. The molecule has 1 saturated carbocycles. The number of ether oxygens (including phenoxy) is 1. The van der Waals surface area contributed by atoms with Crippen molar-refractivity contribution < 1.29 is 9.53 Å². The van der Waals surface area contributed by atoms with Crippen LogP contribution in [-0.2, 0) is 9.53 Å². The van der Waals surface area contributed by atoms with Crippen LogP contribution in [0.5, 0.6) is 0 Å². The van der Waals surface area contributed by atoms with Gasteiger partial charge in [-0.1, -0.05) is 43.2 Å². The van der Waals surface area contributed by atoms with E-state index in [9.17, 15) is 4.79 Å². The van der Waals surface area contributed by atoms with E-state index in [2.05, 4.69) is 43.3 Å². The van der Waals surface area contributed by atoms with Gasteiger partial charge >= 0.3 is 5.97 Å². The van der Waals surface area contributed by atoms with Crippen molar-refractivity contribution in [3.05, 3.63) is 35.9 Å². The van der Waals surface area contributed by atoms with E-state index in [0.717, 1.165) is 38.6 Å². The number of esters is 1. The van der Waals surface area contributed by atoms with Gasteiger partial charge in [-0.3, -0.25) is 4.79 Å². The zero-order valence-corrected chi connectivity index (χ0v) is 14.9. The minimum atomic E-state index is -0.342. The lowest BCUT2D eigenvalue weighted by atomic mass is 9.61. The molecule has 1 aliphatic rings. The lowest BCUT2D eigenvalue weighted by molar-refractivity contribution is -0.160. The molecule has 3 nitrogen and oxygen atoms in total. The molecule has 2 rings (SSSR count). The van der Waals surface area contributed by atoms with E-state index in [1.54, 1.807) is 0 Å². The molecule has 0 aromatic heterocycles. The minimum Gasteiger partial charge on any atom is -0.466 e. The van der Waals surface area contributed by atoms with E-state index in [1.807, 2.05) is 13.0 Å². The van der Waals surface area contributed by atoms with Crippen LogP contribution in [0.15, 0.2) is 30.3 Å². The number of rotatable bonds is 7. The number of carbonyl (C=O) groups excluding carboxylic acids is 1. The number of benzene rings is 1. The van der Waals surface area contributed by atoms with Crippen molar-refractivity contribution in [2.75, 3.05) is 27.2 Å². The van der Waals surface area contributed by atoms with Crippen molar-refractivity contribution in [1.82, 2.24) is 4.90 Å². The smallest absolute Gasteiger partial charge is 0.312 e. The Bertz CT molecular complexity index is 486. The van der Waals surface area contributed by atoms with Gasteiger partial charge in [0, 0.05) is 0 Å². The maximum absolute atomic E-state index is 12.9. The predicted octanol–water partition coefficient (Wildman–Crippen LogP) is 4.24. The van der Waals surface area contributed by atoms with Gasteiger partial charge in [-0.25, -0.2) is 0 Å². The maximum Gasteiger partial charge on any atom is 0.312 e. The summed E-state index contributed by atoms with van der Waals surface area (Å²) in [4.78, 5) is 15.1. The van der Waals surface area contributed by atoms with Gasteiger partial charge in [-0.2, -0.15) is 0 Å². The average Bonchev–Trinajstić information content (AvgIpc) is 2.56. The Morgan fingerprint density at radius 1 is 1.26 bits per heavy atom. The summed E-state index contributed by atoms with van der Waals surface area (Å²) >= 11 is 0. The highest BCUT2D eigenvalue weighted by Crippen LogP contribution is 2.51. The first-order chi connectivity index (χ1) is 11.1. The summed E-state index contributed by atoms with van der Waals surface area (Å²) < 4.78 is 5.54. The third-order valence-electron chi connectivity index (χ3n) is 5.14. The molecule has 0 bridgehead atoms. The Hall–Kier alpha value is -1.35. The summed E-state index contributed by atoms with van der Waals surface area (Å²) in [6.07, 6.45) is 6.33. The van der Waals surface area contributed by atoms with Gasteiger partial charge in [0.1, 0.15) is 0 Å². The Labute approximate surface area is 141 Å². The maximum atomic E-state index is 12.9. The molecular weight excluding hydrogens is 286 g/mol. The summed E-state index contributed by atoms with van der Waals surface area (Å²) in [7, 11) is 4.18. The summed E-state index contributed by atoms with van der Waals surface area (Å²) in [5.41, 5.74) is 0.955. The highest BCUT2D eigenvalue weighted by atomic mass is 16.5. The van der Waals surface area contributed by atoms with Crippen LogP contribution in [0.1, 0.15) is 56.9 Å². The van der Waals surface area contributed by atoms with Gasteiger partial charge in [0.25, 0.3) is 0 Å². The molecule has 1 aromatic carbocycles. The fourth-order valence-corrected chi connectivity index (χ4v) is 4.04. The fourth-order valence-electron chi connectivity index (χ4n) is 4.04. The number of hydrogen-bond acceptors (Lipinski definition) is 3. The highest BCUT2D eigenvalue weighted by Gasteiger charge is 2.48. The first-order valence-electron chi connectivity index (χ1n) is 8.97. The van der Waals surface area contributed by atoms with Crippen LogP contribution in [0.25, 0.3) is 0 Å². The van der Waals surface area contributed by atoms with Gasteiger partial charge < -0.3 is 9.64 Å².